The topological polar surface area (TPSA) is 67.8 Å². The number of rotatable bonds is 9. The van der Waals surface area contributed by atoms with Gasteiger partial charge in [-0.2, -0.15) is 0 Å². The second kappa shape index (κ2) is 10.3. The van der Waals surface area contributed by atoms with Gasteiger partial charge in [-0.05, 0) is 39.7 Å². The second-order valence-electron chi connectivity index (χ2n) is 7.77. The lowest BCUT2D eigenvalue weighted by Gasteiger charge is -2.25. The van der Waals surface area contributed by atoms with E-state index in [4.69, 9.17) is 9.47 Å². The van der Waals surface area contributed by atoms with Gasteiger partial charge in [0.05, 0.1) is 25.4 Å². The summed E-state index contributed by atoms with van der Waals surface area (Å²) in [7, 11) is 0. The summed E-state index contributed by atoms with van der Waals surface area (Å²) in [5.41, 5.74) is 1.45. The molecular weight excluding hydrogens is 330 g/mol. The number of nitrogens with one attached hydrogen (secondary N) is 1. The molecule has 5 heteroatoms. The molecule has 0 aliphatic heterocycles. The van der Waals surface area contributed by atoms with E-state index in [0.29, 0.717) is 19.6 Å². The van der Waals surface area contributed by atoms with Crippen LogP contribution in [0.3, 0.4) is 0 Å². The van der Waals surface area contributed by atoms with Crippen molar-refractivity contribution in [1.82, 2.24) is 5.32 Å². The molecule has 0 radical (unpaired) electrons. The van der Waals surface area contributed by atoms with Crippen molar-refractivity contribution >= 4 is 6.09 Å². The molecule has 2 N–H and O–H groups in total. The van der Waals surface area contributed by atoms with Crippen LogP contribution in [-0.2, 0) is 16.1 Å². The zero-order chi connectivity index (χ0) is 19.7. The van der Waals surface area contributed by atoms with E-state index in [0.717, 1.165) is 11.1 Å². The molecule has 1 aromatic rings. The summed E-state index contributed by atoms with van der Waals surface area (Å²) in [4.78, 5) is 11.8. The highest BCUT2D eigenvalue weighted by molar-refractivity contribution is 5.68. The molecule has 0 aromatic heterocycles. The maximum atomic E-state index is 11.8. The van der Waals surface area contributed by atoms with E-state index >= 15 is 0 Å². The minimum atomic E-state index is -0.730. The molecule has 0 fully saturated rings. The van der Waals surface area contributed by atoms with Crippen LogP contribution < -0.4 is 5.32 Å². The van der Waals surface area contributed by atoms with E-state index in [2.05, 4.69) is 11.9 Å². The Bertz CT molecular complexity index is 565. The lowest BCUT2D eigenvalue weighted by molar-refractivity contribution is 0.0431. The van der Waals surface area contributed by atoms with Gasteiger partial charge in [0.15, 0.2) is 0 Å². The molecule has 1 aromatic carbocycles. The van der Waals surface area contributed by atoms with Crippen LogP contribution in [0.2, 0.25) is 0 Å². The summed E-state index contributed by atoms with van der Waals surface area (Å²) in [5, 5.41) is 13.0. The zero-order valence-electron chi connectivity index (χ0n) is 16.6. The van der Waals surface area contributed by atoms with Crippen LogP contribution in [0, 0.1) is 5.92 Å². The van der Waals surface area contributed by atoms with Crippen molar-refractivity contribution in [2.24, 2.45) is 5.92 Å². The van der Waals surface area contributed by atoms with Gasteiger partial charge in [-0.15, -0.1) is 0 Å². The van der Waals surface area contributed by atoms with Gasteiger partial charge in [0.2, 0.25) is 0 Å². The Kier molecular flexibility index (Phi) is 8.82. The lowest BCUT2D eigenvalue weighted by Crippen LogP contribution is -2.43. The smallest absolute Gasteiger partial charge is 0.407 e. The minimum absolute atomic E-state index is 0.113. The van der Waals surface area contributed by atoms with Gasteiger partial charge in [-0.1, -0.05) is 49.4 Å². The molecule has 0 aliphatic carbocycles. The van der Waals surface area contributed by atoms with Crippen molar-refractivity contribution in [3.05, 3.63) is 48.0 Å². The molecule has 5 nitrogen and oxygen atoms in total. The lowest BCUT2D eigenvalue weighted by atomic mass is 9.95. The van der Waals surface area contributed by atoms with Crippen molar-refractivity contribution in [1.29, 1.82) is 0 Å². The Morgan fingerprint density at radius 1 is 1.23 bits per heavy atom. The van der Waals surface area contributed by atoms with Crippen LogP contribution in [0.15, 0.2) is 42.5 Å². The summed E-state index contributed by atoms with van der Waals surface area (Å²) >= 11 is 0. The average molecular weight is 363 g/mol. The van der Waals surface area contributed by atoms with E-state index in [1.54, 1.807) is 27.7 Å². The fourth-order valence-corrected chi connectivity index (χ4v) is 2.28. The van der Waals surface area contributed by atoms with Gasteiger partial charge in [-0.3, -0.25) is 0 Å². The van der Waals surface area contributed by atoms with Crippen molar-refractivity contribution in [3.8, 4) is 0 Å². The highest BCUT2D eigenvalue weighted by Crippen LogP contribution is 2.17. The Labute approximate surface area is 157 Å². The number of amides is 1. The molecule has 0 saturated heterocycles. The van der Waals surface area contributed by atoms with Crippen molar-refractivity contribution in [2.45, 2.75) is 65.4 Å². The standard InChI is InChI=1S/C21H33NO4/c1-15(16(2)13-25-14-18-10-8-7-9-11-18)12-19(23)17(3)22-20(24)26-21(4,5)6/h7-11,16-17,19,23H,1,12-14H2,2-6H3,(H,22,24)/t16-,17-,19+/m0/s1. The van der Waals surface area contributed by atoms with Crippen molar-refractivity contribution in [2.75, 3.05) is 6.61 Å². The highest BCUT2D eigenvalue weighted by Gasteiger charge is 2.22. The Morgan fingerprint density at radius 3 is 2.42 bits per heavy atom. The number of ether oxygens (including phenoxy) is 2. The normalized spacial score (nSPS) is 15.0. The number of hydrogen-bond donors (Lipinski definition) is 2. The molecule has 1 rings (SSSR count). The predicted octanol–water partition coefficient (Wildman–Crippen LogP) is 4.06. The Balaban J connectivity index is 2.34. The Hall–Kier alpha value is -1.85. The van der Waals surface area contributed by atoms with Crippen LogP contribution in [0.25, 0.3) is 0 Å². The summed E-state index contributed by atoms with van der Waals surface area (Å²) < 4.78 is 10.9. The van der Waals surface area contributed by atoms with Gasteiger partial charge in [0, 0.05) is 5.92 Å². The van der Waals surface area contributed by atoms with Crippen LogP contribution in [-0.4, -0.2) is 35.6 Å². The maximum absolute atomic E-state index is 11.8. The number of alkyl carbamates (subject to hydrolysis) is 1. The molecule has 26 heavy (non-hydrogen) atoms. The van der Waals surface area contributed by atoms with Crippen LogP contribution >= 0.6 is 0 Å². The first-order chi connectivity index (χ1) is 12.1. The van der Waals surface area contributed by atoms with E-state index in [9.17, 15) is 9.90 Å². The summed E-state index contributed by atoms with van der Waals surface area (Å²) in [6.07, 6.45) is -0.868. The van der Waals surface area contributed by atoms with Crippen molar-refractivity contribution in [3.63, 3.8) is 0 Å². The number of aliphatic hydroxyl groups is 1. The Morgan fingerprint density at radius 2 is 1.85 bits per heavy atom. The molecule has 0 unspecified atom stereocenters. The predicted molar refractivity (Wildman–Crippen MR) is 104 cm³/mol. The largest absolute Gasteiger partial charge is 0.444 e. The first-order valence-corrected chi connectivity index (χ1v) is 9.05. The van der Waals surface area contributed by atoms with E-state index in [1.165, 1.54) is 0 Å². The fraction of sp³-hybridized carbons (Fsp3) is 0.571. The zero-order valence-corrected chi connectivity index (χ0v) is 16.6. The second-order valence-corrected chi connectivity index (χ2v) is 7.77. The van der Waals surface area contributed by atoms with Gasteiger partial charge in [0.25, 0.3) is 0 Å². The number of aliphatic hydroxyl groups excluding tert-OH is 1. The number of carbonyl (C=O) groups is 1. The molecular formula is C21H33NO4. The number of hydrogen-bond acceptors (Lipinski definition) is 4. The molecule has 0 spiro atoms. The van der Waals surface area contributed by atoms with E-state index < -0.39 is 23.8 Å². The minimum Gasteiger partial charge on any atom is -0.444 e. The number of carbonyl (C=O) groups excluding carboxylic acids is 1. The fourth-order valence-electron chi connectivity index (χ4n) is 2.28. The molecule has 0 saturated carbocycles. The van der Waals surface area contributed by atoms with E-state index in [1.807, 2.05) is 37.3 Å². The first kappa shape index (κ1) is 22.2. The monoisotopic (exact) mass is 363 g/mol. The first-order valence-electron chi connectivity index (χ1n) is 9.05. The van der Waals surface area contributed by atoms with Gasteiger partial charge < -0.3 is 19.9 Å². The molecule has 1 amide bonds. The maximum Gasteiger partial charge on any atom is 0.407 e. The van der Waals surface area contributed by atoms with Crippen LogP contribution in [0.4, 0.5) is 4.79 Å². The third-order valence-corrected chi connectivity index (χ3v) is 3.97. The number of benzene rings is 1. The van der Waals surface area contributed by atoms with Gasteiger partial charge in [0.1, 0.15) is 5.60 Å². The quantitative estimate of drug-likeness (QED) is 0.649. The molecule has 0 heterocycles. The third kappa shape index (κ3) is 9.02. The van der Waals surface area contributed by atoms with Crippen LogP contribution in [0.5, 0.6) is 0 Å². The van der Waals surface area contributed by atoms with E-state index in [-0.39, 0.29) is 5.92 Å². The molecule has 3 atom stereocenters. The average Bonchev–Trinajstić information content (AvgIpc) is 2.53. The van der Waals surface area contributed by atoms with Crippen molar-refractivity contribution < 1.29 is 19.4 Å². The van der Waals surface area contributed by atoms with Gasteiger partial charge >= 0.3 is 6.09 Å². The van der Waals surface area contributed by atoms with Crippen LogP contribution in [0.1, 0.15) is 46.6 Å². The third-order valence-electron chi connectivity index (χ3n) is 3.97. The summed E-state index contributed by atoms with van der Waals surface area (Å²) in [5.74, 6) is 0.113. The SMILES string of the molecule is C=C(C[C@@H](O)[C@H](C)NC(=O)OC(C)(C)C)[C@@H](C)COCc1ccccc1. The van der Waals surface area contributed by atoms with Gasteiger partial charge in [-0.25, -0.2) is 4.79 Å². The summed E-state index contributed by atoms with van der Waals surface area (Å²) in [6.45, 7) is 14.3. The molecule has 0 bridgehead atoms. The summed E-state index contributed by atoms with van der Waals surface area (Å²) in [6, 6.07) is 9.55. The highest BCUT2D eigenvalue weighted by atomic mass is 16.6. The molecule has 146 valence electrons. The molecule has 0 aliphatic rings.